The summed E-state index contributed by atoms with van der Waals surface area (Å²) in [5.41, 5.74) is 4.17. The molecule has 4 aromatic rings. The van der Waals surface area contributed by atoms with E-state index in [0.29, 0.717) is 36.5 Å². The fourth-order valence-corrected chi connectivity index (χ4v) is 3.77. The standard InChI is InChI=1S/C26H26N2O4/c1-16(2)15-31-19-8-9-20-17(3)22(26(30)32-24(20)12-19)13-25(29)27-11-10-18-14-28-23-7-5-4-6-21(18)23/h4-9,12,14,28H,1,10-11,13,15H2,2-3H3,(H,27,29). The first kappa shape index (κ1) is 21.4. The van der Waals surface area contributed by atoms with Crippen LogP contribution in [0.15, 0.2) is 70.0 Å². The third kappa shape index (κ3) is 4.59. The minimum atomic E-state index is -0.501. The normalized spacial score (nSPS) is 11.1. The van der Waals surface area contributed by atoms with Crippen LogP contribution >= 0.6 is 0 Å². The molecule has 2 heterocycles. The molecule has 0 spiro atoms. The summed E-state index contributed by atoms with van der Waals surface area (Å²) in [4.78, 5) is 28.3. The van der Waals surface area contributed by atoms with E-state index in [-0.39, 0.29) is 12.3 Å². The van der Waals surface area contributed by atoms with Gasteiger partial charge in [-0.3, -0.25) is 4.79 Å². The van der Waals surface area contributed by atoms with Crippen LogP contribution in [0.1, 0.15) is 23.6 Å². The van der Waals surface area contributed by atoms with E-state index in [2.05, 4.69) is 22.9 Å². The number of fused-ring (bicyclic) bond motifs is 2. The van der Waals surface area contributed by atoms with E-state index in [1.165, 1.54) is 0 Å². The lowest BCUT2D eigenvalue weighted by atomic mass is 10.0. The van der Waals surface area contributed by atoms with Crippen LogP contribution in [0.25, 0.3) is 21.9 Å². The summed E-state index contributed by atoms with van der Waals surface area (Å²) in [6.45, 7) is 8.41. The monoisotopic (exact) mass is 430 g/mol. The van der Waals surface area contributed by atoms with E-state index in [4.69, 9.17) is 9.15 Å². The van der Waals surface area contributed by atoms with Gasteiger partial charge < -0.3 is 19.5 Å². The van der Waals surface area contributed by atoms with Crippen molar-refractivity contribution >= 4 is 27.8 Å². The average Bonchev–Trinajstić information content (AvgIpc) is 3.18. The molecule has 164 valence electrons. The Bertz CT molecular complexity index is 1360. The van der Waals surface area contributed by atoms with Gasteiger partial charge in [0.1, 0.15) is 17.9 Å². The molecule has 0 saturated heterocycles. The summed E-state index contributed by atoms with van der Waals surface area (Å²) in [6, 6.07) is 13.4. The topological polar surface area (TPSA) is 84.3 Å². The lowest BCUT2D eigenvalue weighted by molar-refractivity contribution is -0.120. The van der Waals surface area contributed by atoms with Crippen molar-refractivity contribution in [1.82, 2.24) is 10.3 Å². The van der Waals surface area contributed by atoms with Gasteiger partial charge in [0.05, 0.1) is 12.0 Å². The third-order valence-electron chi connectivity index (χ3n) is 5.47. The number of aromatic amines is 1. The Morgan fingerprint density at radius 3 is 2.81 bits per heavy atom. The van der Waals surface area contributed by atoms with Crippen LogP contribution < -0.4 is 15.7 Å². The summed E-state index contributed by atoms with van der Waals surface area (Å²) < 4.78 is 11.1. The maximum absolute atomic E-state index is 12.6. The number of nitrogens with one attached hydrogen (secondary N) is 2. The van der Waals surface area contributed by atoms with Gasteiger partial charge in [-0.2, -0.15) is 0 Å². The number of H-pyrrole nitrogens is 1. The van der Waals surface area contributed by atoms with Crippen LogP contribution in [-0.2, 0) is 17.6 Å². The maximum Gasteiger partial charge on any atom is 0.340 e. The Kier molecular flexibility index (Phi) is 6.12. The second-order valence-corrected chi connectivity index (χ2v) is 8.03. The van der Waals surface area contributed by atoms with Crippen molar-refractivity contribution in [2.45, 2.75) is 26.7 Å². The number of aromatic nitrogens is 1. The van der Waals surface area contributed by atoms with E-state index >= 15 is 0 Å². The van der Waals surface area contributed by atoms with Crippen LogP contribution in [0.5, 0.6) is 5.75 Å². The van der Waals surface area contributed by atoms with Gasteiger partial charge in [-0.15, -0.1) is 0 Å². The number of hydrogen-bond acceptors (Lipinski definition) is 4. The van der Waals surface area contributed by atoms with Crippen LogP contribution in [-0.4, -0.2) is 24.0 Å². The molecule has 0 fully saturated rings. The number of ether oxygens (including phenoxy) is 1. The van der Waals surface area contributed by atoms with Gasteiger partial charge in [-0.05, 0) is 55.2 Å². The number of rotatable bonds is 8. The zero-order valence-corrected chi connectivity index (χ0v) is 18.3. The van der Waals surface area contributed by atoms with E-state index < -0.39 is 5.63 Å². The number of benzene rings is 2. The molecule has 6 heteroatoms. The first-order valence-corrected chi connectivity index (χ1v) is 10.6. The van der Waals surface area contributed by atoms with Crippen molar-refractivity contribution in [2.75, 3.05) is 13.2 Å². The quantitative estimate of drug-likeness (QED) is 0.320. The molecule has 0 atom stereocenters. The van der Waals surface area contributed by atoms with Crippen LogP contribution in [0, 0.1) is 6.92 Å². The van der Waals surface area contributed by atoms with Crippen molar-refractivity contribution in [3.8, 4) is 5.75 Å². The van der Waals surface area contributed by atoms with Crippen molar-refractivity contribution in [3.63, 3.8) is 0 Å². The summed E-state index contributed by atoms with van der Waals surface area (Å²) in [7, 11) is 0. The largest absolute Gasteiger partial charge is 0.489 e. The van der Waals surface area contributed by atoms with Crippen molar-refractivity contribution < 1.29 is 13.9 Å². The molecule has 0 radical (unpaired) electrons. The average molecular weight is 431 g/mol. The molecule has 0 aliphatic carbocycles. The maximum atomic E-state index is 12.6. The molecule has 0 saturated carbocycles. The van der Waals surface area contributed by atoms with Gasteiger partial charge in [0.15, 0.2) is 0 Å². The molecule has 0 aliphatic heterocycles. The fourth-order valence-electron chi connectivity index (χ4n) is 3.77. The molecule has 4 rings (SSSR count). The molecule has 32 heavy (non-hydrogen) atoms. The highest BCUT2D eigenvalue weighted by Gasteiger charge is 2.15. The lowest BCUT2D eigenvalue weighted by Crippen LogP contribution is -2.29. The molecule has 0 bridgehead atoms. The Balaban J connectivity index is 1.43. The Labute approximate surface area is 185 Å². The zero-order valence-electron chi connectivity index (χ0n) is 18.3. The molecule has 2 aromatic heterocycles. The fraction of sp³-hybridized carbons (Fsp3) is 0.231. The molecule has 2 N–H and O–H groups in total. The molecule has 1 amide bonds. The Morgan fingerprint density at radius 1 is 1.19 bits per heavy atom. The smallest absolute Gasteiger partial charge is 0.340 e. The number of carbonyl (C=O) groups is 1. The summed E-state index contributed by atoms with van der Waals surface area (Å²) in [5, 5.41) is 4.85. The van der Waals surface area contributed by atoms with E-state index in [1.54, 1.807) is 6.07 Å². The van der Waals surface area contributed by atoms with Crippen molar-refractivity contribution in [3.05, 3.63) is 87.9 Å². The van der Waals surface area contributed by atoms with Crippen molar-refractivity contribution in [2.24, 2.45) is 0 Å². The van der Waals surface area contributed by atoms with Gasteiger partial charge in [-0.1, -0.05) is 24.8 Å². The minimum Gasteiger partial charge on any atom is -0.489 e. The summed E-state index contributed by atoms with van der Waals surface area (Å²) in [6.07, 6.45) is 2.65. The lowest BCUT2D eigenvalue weighted by Gasteiger charge is -2.10. The van der Waals surface area contributed by atoms with E-state index in [9.17, 15) is 9.59 Å². The number of hydrogen-bond donors (Lipinski definition) is 2. The molecule has 2 aromatic carbocycles. The molecule has 6 nitrogen and oxygen atoms in total. The zero-order chi connectivity index (χ0) is 22.7. The van der Waals surface area contributed by atoms with E-state index in [1.807, 2.05) is 50.4 Å². The second-order valence-electron chi connectivity index (χ2n) is 8.03. The first-order valence-electron chi connectivity index (χ1n) is 10.6. The van der Waals surface area contributed by atoms with Crippen LogP contribution in [0.4, 0.5) is 0 Å². The van der Waals surface area contributed by atoms with Crippen LogP contribution in [0.3, 0.4) is 0 Å². The van der Waals surface area contributed by atoms with E-state index in [0.717, 1.165) is 33.0 Å². The molecular formula is C26H26N2O4. The SMILES string of the molecule is C=C(C)COc1ccc2c(C)c(CC(=O)NCCc3c[nH]c4ccccc34)c(=O)oc2c1. The Hall–Kier alpha value is -3.80. The molecule has 0 unspecified atom stereocenters. The highest BCUT2D eigenvalue weighted by molar-refractivity contribution is 5.85. The van der Waals surface area contributed by atoms with Gasteiger partial charge in [0.25, 0.3) is 0 Å². The van der Waals surface area contributed by atoms with Crippen molar-refractivity contribution in [1.29, 1.82) is 0 Å². The highest BCUT2D eigenvalue weighted by Crippen LogP contribution is 2.24. The summed E-state index contributed by atoms with van der Waals surface area (Å²) >= 11 is 0. The molecular weight excluding hydrogens is 404 g/mol. The molecule has 0 aliphatic rings. The number of aryl methyl sites for hydroxylation is 1. The summed E-state index contributed by atoms with van der Waals surface area (Å²) in [5.74, 6) is 0.395. The number of carbonyl (C=O) groups excluding carboxylic acids is 1. The predicted molar refractivity (Wildman–Crippen MR) is 126 cm³/mol. The number of amides is 1. The third-order valence-corrected chi connectivity index (χ3v) is 5.47. The first-order chi connectivity index (χ1) is 15.4. The Morgan fingerprint density at radius 2 is 2.00 bits per heavy atom. The second kappa shape index (κ2) is 9.14. The highest BCUT2D eigenvalue weighted by atomic mass is 16.5. The minimum absolute atomic E-state index is 0.0219. The van der Waals surface area contributed by atoms with Gasteiger partial charge in [-0.25, -0.2) is 4.79 Å². The van der Waals surface area contributed by atoms with Gasteiger partial charge in [0, 0.05) is 35.1 Å². The predicted octanol–water partition coefficient (Wildman–Crippen LogP) is 4.44. The van der Waals surface area contributed by atoms with Gasteiger partial charge in [0.2, 0.25) is 5.91 Å². The van der Waals surface area contributed by atoms with Gasteiger partial charge >= 0.3 is 5.63 Å². The number of para-hydroxylation sites is 1. The van der Waals surface area contributed by atoms with Crippen LogP contribution in [0.2, 0.25) is 0 Å².